The minimum atomic E-state index is -4.98. The van der Waals surface area contributed by atoms with Crippen molar-refractivity contribution >= 4 is 11.8 Å². The number of likely N-dealkylation sites (tertiary alicyclic amines) is 1. The number of piperidine rings is 1. The molecule has 5 nitrogen and oxygen atoms in total. The van der Waals surface area contributed by atoms with Crippen LogP contribution in [0, 0.1) is 12.8 Å². The van der Waals surface area contributed by atoms with Crippen LogP contribution in [0.15, 0.2) is 24.3 Å². The van der Waals surface area contributed by atoms with Gasteiger partial charge in [0, 0.05) is 31.7 Å². The van der Waals surface area contributed by atoms with E-state index >= 15 is 0 Å². The lowest BCUT2D eigenvalue weighted by Gasteiger charge is -2.41. The molecule has 0 aromatic heterocycles. The summed E-state index contributed by atoms with van der Waals surface area (Å²) in [5.74, 6) is -1.72. The maximum Gasteiger partial charge on any atom is 0.423 e. The Morgan fingerprint density at radius 1 is 1.27 bits per heavy atom. The Morgan fingerprint density at radius 3 is 2.35 bits per heavy atom. The van der Waals surface area contributed by atoms with Gasteiger partial charge in [0.25, 0.3) is 11.8 Å². The first-order valence-electron chi connectivity index (χ1n) is 8.39. The monoisotopic (exact) mass is 372 g/mol. The summed E-state index contributed by atoms with van der Waals surface area (Å²) < 4.78 is 37.6. The molecule has 1 aromatic carbocycles. The predicted molar refractivity (Wildman–Crippen MR) is 89.5 cm³/mol. The molecule has 1 saturated heterocycles. The fraction of sp³-hybridized carbons (Fsp3) is 0.556. The number of carbonyl (C=O) groups is 2. The highest BCUT2D eigenvalue weighted by Crippen LogP contribution is 2.26. The summed E-state index contributed by atoms with van der Waals surface area (Å²) in [5, 5.41) is 9.15. The number of nitrogens with zero attached hydrogens (tertiary/aromatic N) is 2. The third-order valence-electron chi connectivity index (χ3n) is 4.83. The van der Waals surface area contributed by atoms with Crippen LogP contribution in [0.1, 0.15) is 29.3 Å². The van der Waals surface area contributed by atoms with Gasteiger partial charge in [0.05, 0.1) is 0 Å². The summed E-state index contributed by atoms with van der Waals surface area (Å²) >= 11 is 0. The van der Waals surface area contributed by atoms with E-state index < -0.39 is 18.2 Å². The lowest BCUT2D eigenvalue weighted by molar-refractivity contribution is -0.211. The zero-order valence-corrected chi connectivity index (χ0v) is 15.0. The van der Waals surface area contributed by atoms with E-state index in [0.29, 0.717) is 12.0 Å². The number of amides is 2. The molecule has 3 atom stereocenters. The molecule has 1 aliphatic rings. The zero-order valence-electron chi connectivity index (χ0n) is 15.0. The molecule has 2 amide bonds. The predicted octanol–water partition coefficient (Wildman–Crippen LogP) is 2.23. The fourth-order valence-electron chi connectivity index (χ4n) is 3.27. The van der Waals surface area contributed by atoms with Crippen LogP contribution in [-0.4, -0.2) is 65.2 Å². The van der Waals surface area contributed by atoms with E-state index in [1.807, 2.05) is 19.1 Å². The molecule has 0 bridgehead atoms. The van der Waals surface area contributed by atoms with Gasteiger partial charge in [-0.15, -0.1) is 0 Å². The highest BCUT2D eigenvalue weighted by Gasteiger charge is 2.46. The largest absolute Gasteiger partial charge is 0.423 e. The van der Waals surface area contributed by atoms with E-state index in [9.17, 15) is 22.8 Å². The lowest BCUT2D eigenvalue weighted by Crippen LogP contribution is -2.55. The minimum absolute atomic E-state index is 0.0577. The molecule has 1 aliphatic heterocycles. The number of aryl methyl sites for hydroxylation is 1. The second-order valence-corrected chi connectivity index (χ2v) is 6.84. The summed E-state index contributed by atoms with van der Waals surface area (Å²) in [6.45, 7) is 3.82. The second kappa shape index (κ2) is 7.65. The third-order valence-corrected chi connectivity index (χ3v) is 4.83. The van der Waals surface area contributed by atoms with Crippen molar-refractivity contribution in [3.63, 3.8) is 0 Å². The van der Waals surface area contributed by atoms with Crippen molar-refractivity contribution in [1.82, 2.24) is 9.80 Å². The Labute approximate surface area is 150 Å². The van der Waals surface area contributed by atoms with Crippen molar-refractivity contribution in [2.75, 3.05) is 20.1 Å². The normalized spacial score (nSPS) is 22.0. The average Bonchev–Trinajstić information content (AvgIpc) is 2.59. The van der Waals surface area contributed by atoms with Crippen molar-refractivity contribution in [3.8, 4) is 0 Å². The maximum absolute atomic E-state index is 12.6. The molecule has 2 rings (SSSR count). The highest BCUT2D eigenvalue weighted by atomic mass is 19.4. The minimum Gasteiger partial charge on any atom is -0.376 e. The molecule has 8 heteroatoms. The van der Waals surface area contributed by atoms with Crippen molar-refractivity contribution in [3.05, 3.63) is 35.4 Å². The van der Waals surface area contributed by atoms with Gasteiger partial charge in [0.15, 0.2) is 0 Å². The molecular weight excluding hydrogens is 349 g/mol. The molecule has 0 spiro atoms. The van der Waals surface area contributed by atoms with Gasteiger partial charge in [0.1, 0.15) is 0 Å². The molecule has 0 saturated carbocycles. The van der Waals surface area contributed by atoms with E-state index in [-0.39, 0.29) is 31.0 Å². The van der Waals surface area contributed by atoms with E-state index in [0.717, 1.165) is 10.5 Å². The summed E-state index contributed by atoms with van der Waals surface area (Å²) in [5.41, 5.74) is 1.57. The molecule has 144 valence electrons. The summed E-state index contributed by atoms with van der Waals surface area (Å²) in [4.78, 5) is 27.0. The van der Waals surface area contributed by atoms with E-state index in [1.165, 1.54) is 0 Å². The Bertz CT molecular complexity index is 661. The molecule has 1 fully saturated rings. The fourth-order valence-corrected chi connectivity index (χ4v) is 3.27. The molecule has 1 N–H and O–H groups in total. The number of alkyl halides is 3. The van der Waals surface area contributed by atoms with Gasteiger partial charge in [-0.2, -0.15) is 13.2 Å². The van der Waals surface area contributed by atoms with E-state index in [2.05, 4.69) is 0 Å². The molecule has 26 heavy (non-hydrogen) atoms. The summed E-state index contributed by atoms with van der Waals surface area (Å²) in [6, 6.07) is 6.94. The third kappa shape index (κ3) is 4.35. The zero-order chi connectivity index (χ0) is 19.6. The summed E-state index contributed by atoms with van der Waals surface area (Å²) in [6.07, 6.45) is -7.63. The molecule has 0 unspecified atom stereocenters. The number of benzene rings is 1. The Hall–Kier alpha value is -2.09. The van der Waals surface area contributed by atoms with Crippen LogP contribution in [0.5, 0.6) is 0 Å². The van der Waals surface area contributed by atoms with Gasteiger partial charge >= 0.3 is 6.18 Å². The molecular formula is C18H23F3N2O3. The van der Waals surface area contributed by atoms with Crippen LogP contribution in [0.3, 0.4) is 0 Å². The van der Waals surface area contributed by atoms with Crippen LogP contribution in [0.2, 0.25) is 0 Å². The van der Waals surface area contributed by atoms with Crippen molar-refractivity contribution < 1.29 is 27.9 Å². The van der Waals surface area contributed by atoms with Crippen LogP contribution in [0.4, 0.5) is 13.2 Å². The number of hydrogen-bond acceptors (Lipinski definition) is 3. The quantitative estimate of drug-likeness (QED) is 0.885. The van der Waals surface area contributed by atoms with Gasteiger partial charge in [-0.3, -0.25) is 9.59 Å². The van der Waals surface area contributed by atoms with Gasteiger partial charge in [-0.1, -0.05) is 24.6 Å². The number of hydrogen-bond donors (Lipinski definition) is 1. The number of aliphatic hydroxyl groups excluding tert-OH is 1. The van der Waals surface area contributed by atoms with Crippen LogP contribution in [-0.2, 0) is 4.79 Å². The van der Waals surface area contributed by atoms with Crippen molar-refractivity contribution in [2.45, 2.75) is 38.6 Å². The Balaban J connectivity index is 2.03. The first-order valence-corrected chi connectivity index (χ1v) is 8.39. The van der Waals surface area contributed by atoms with Crippen LogP contribution < -0.4 is 0 Å². The van der Waals surface area contributed by atoms with Gasteiger partial charge in [-0.25, -0.2) is 0 Å². The number of aliphatic hydroxyl groups is 1. The van der Waals surface area contributed by atoms with Crippen LogP contribution in [0.25, 0.3) is 0 Å². The van der Waals surface area contributed by atoms with E-state index in [4.69, 9.17) is 5.11 Å². The highest BCUT2D eigenvalue weighted by molar-refractivity contribution is 5.94. The molecule has 0 radical (unpaired) electrons. The molecule has 1 heterocycles. The van der Waals surface area contributed by atoms with Gasteiger partial charge in [0.2, 0.25) is 6.10 Å². The topological polar surface area (TPSA) is 60.9 Å². The first kappa shape index (κ1) is 20.2. The smallest absolute Gasteiger partial charge is 0.376 e. The maximum atomic E-state index is 12.6. The Kier molecular flexibility index (Phi) is 5.95. The van der Waals surface area contributed by atoms with Crippen LogP contribution >= 0.6 is 0 Å². The van der Waals surface area contributed by atoms with Gasteiger partial charge < -0.3 is 14.9 Å². The van der Waals surface area contributed by atoms with Crippen molar-refractivity contribution in [2.24, 2.45) is 5.92 Å². The number of halogens is 3. The second-order valence-electron chi connectivity index (χ2n) is 6.84. The van der Waals surface area contributed by atoms with E-state index in [1.54, 1.807) is 31.0 Å². The first-order chi connectivity index (χ1) is 12.0. The van der Waals surface area contributed by atoms with Gasteiger partial charge in [-0.05, 0) is 31.4 Å². The standard InChI is InChI=1S/C18H23F3N2O3/c1-11-4-6-13(7-5-11)16(25)22(3)14-8-9-23(10-12(14)2)17(26)15(24)18(19,20)21/h4-7,12,14-15,24H,8-10H2,1-3H3/t12-,14+,15-/m1/s1. The SMILES string of the molecule is Cc1ccc(C(=O)N(C)[C@H]2CCN(C(=O)[C@@H](O)C(F)(F)F)C[C@H]2C)cc1. The number of rotatable bonds is 3. The molecule has 1 aromatic rings. The summed E-state index contributed by atoms with van der Waals surface area (Å²) in [7, 11) is 1.66. The molecule has 0 aliphatic carbocycles. The lowest BCUT2D eigenvalue weighted by atomic mass is 9.91. The average molecular weight is 372 g/mol. The number of carbonyl (C=O) groups excluding carboxylic acids is 2. The Morgan fingerprint density at radius 2 is 1.85 bits per heavy atom. The van der Waals surface area contributed by atoms with Crippen molar-refractivity contribution in [1.29, 1.82) is 0 Å².